The van der Waals surface area contributed by atoms with Crippen LogP contribution in [0.5, 0.6) is 0 Å². The summed E-state index contributed by atoms with van der Waals surface area (Å²) in [5.74, 6) is -1.84. The maximum Gasteiger partial charge on any atom is 0.355 e. The normalized spacial score (nSPS) is 12.0. The number of halogens is 1. The zero-order valence-electron chi connectivity index (χ0n) is 11.4. The molecule has 5 nitrogen and oxygen atoms in total. The van der Waals surface area contributed by atoms with Gasteiger partial charge in [0.25, 0.3) is 5.91 Å². The molecule has 7 heteroatoms. The molecular weight excluding hydrogens is 295 g/mol. The third-order valence-corrected chi connectivity index (χ3v) is 3.91. The Labute approximate surface area is 124 Å². The molecule has 0 saturated heterocycles. The highest BCUT2D eigenvalue weighted by molar-refractivity contribution is 7.09. The molecule has 1 unspecified atom stereocenters. The monoisotopic (exact) mass is 308 g/mol. The van der Waals surface area contributed by atoms with Crippen molar-refractivity contribution in [3.63, 3.8) is 0 Å². The molecule has 0 radical (unpaired) electrons. The number of carbonyl (C=O) groups is 2. The van der Waals surface area contributed by atoms with Crippen LogP contribution in [0.15, 0.2) is 23.6 Å². The SMILES string of the molecule is Cc1cc(C(=O)NC(C)c2nc(C(=O)O)cs2)ccc1F. The summed E-state index contributed by atoms with van der Waals surface area (Å²) in [6.07, 6.45) is 0. The number of aryl methyl sites for hydroxylation is 1. The van der Waals surface area contributed by atoms with E-state index in [1.807, 2.05) is 0 Å². The van der Waals surface area contributed by atoms with Crippen LogP contribution in [-0.2, 0) is 0 Å². The number of thiazole rings is 1. The maximum atomic E-state index is 13.2. The molecule has 0 spiro atoms. The van der Waals surface area contributed by atoms with Gasteiger partial charge in [0, 0.05) is 10.9 Å². The molecule has 2 rings (SSSR count). The summed E-state index contributed by atoms with van der Waals surface area (Å²) in [6, 6.07) is 3.67. The molecule has 0 saturated carbocycles. The highest BCUT2D eigenvalue weighted by Crippen LogP contribution is 2.19. The van der Waals surface area contributed by atoms with E-state index < -0.39 is 12.0 Å². The minimum Gasteiger partial charge on any atom is -0.476 e. The topological polar surface area (TPSA) is 79.3 Å². The largest absolute Gasteiger partial charge is 0.476 e. The zero-order valence-corrected chi connectivity index (χ0v) is 12.2. The molecule has 1 aromatic carbocycles. The minimum absolute atomic E-state index is 0.0475. The van der Waals surface area contributed by atoms with Crippen molar-refractivity contribution >= 4 is 23.2 Å². The van der Waals surface area contributed by atoms with E-state index in [4.69, 9.17) is 5.11 Å². The van der Waals surface area contributed by atoms with Gasteiger partial charge in [-0.3, -0.25) is 4.79 Å². The van der Waals surface area contributed by atoms with Crippen LogP contribution < -0.4 is 5.32 Å². The van der Waals surface area contributed by atoms with Gasteiger partial charge in [-0.15, -0.1) is 11.3 Å². The molecule has 0 aliphatic heterocycles. The molecule has 1 atom stereocenters. The standard InChI is InChI=1S/C14H13FN2O3S/c1-7-5-9(3-4-10(7)15)12(18)16-8(2)13-17-11(6-21-13)14(19)20/h3-6,8H,1-2H3,(H,16,18)(H,19,20). The van der Waals surface area contributed by atoms with E-state index in [0.717, 1.165) is 11.3 Å². The fraction of sp³-hybridized carbons (Fsp3) is 0.214. The highest BCUT2D eigenvalue weighted by Gasteiger charge is 2.17. The second kappa shape index (κ2) is 6.01. The van der Waals surface area contributed by atoms with Gasteiger partial charge in [-0.2, -0.15) is 0 Å². The highest BCUT2D eigenvalue weighted by atomic mass is 32.1. The molecule has 1 amide bonds. The second-order valence-electron chi connectivity index (χ2n) is 4.54. The zero-order chi connectivity index (χ0) is 15.6. The molecule has 21 heavy (non-hydrogen) atoms. The lowest BCUT2D eigenvalue weighted by atomic mass is 10.1. The Morgan fingerprint density at radius 2 is 2.14 bits per heavy atom. The Balaban J connectivity index is 2.10. The number of hydrogen-bond donors (Lipinski definition) is 2. The van der Waals surface area contributed by atoms with Crippen LogP contribution in [-0.4, -0.2) is 22.0 Å². The Bertz CT molecular complexity index is 699. The lowest BCUT2D eigenvalue weighted by Crippen LogP contribution is -2.26. The summed E-state index contributed by atoms with van der Waals surface area (Å²) in [5, 5.41) is 13.4. The van der Waals surface area contributed by atoms with E-state index in [1.54, 1.807) is 13.8 Å². The van der Waals surface area contributed by atoms with Crippen molar-refractivity contribution in [1.29, 1.82) is 0 Å². The van der Waals surface area contributed by atoms with E-state index in [-0.39, 0.29) is 17.4 Å². The lowest BCUT2D eigenvalue weighted by molar-refractivity contribution is 0.0691. The van der Waals surface area contributed by atoms with Crippen molar-refractivity contribution in [3.8, 4) is 0 Å². The third-order valence-electron chi connectivity index (χ3n) is 2.88. The van der Waals surface area contributed by atoms with E-state index >= 15 is 0 Å². The number of nitrogens with one attached hydrogen (secondary N) is 1. The number of rotatable bonds is 4. The molecule has 0 bridgehead atoms. The molecule has 110 valence electrons. The summed E-state index contributed by atoms with van der Waals surface area (Å²) in [6.45, 7) is 3.29. The first kappa shape index (κ1) is 15.1. The number of carbonyl (C=O) groups excluding carboxylic acids is 1. The van der Waals surface area contributed by atoms with Gasteiger partial charge >= 0.3 is 5.97 Å². The summed E-state index contributed by atoms with van der Waals surface area (Å²) < 4.78 is 13.2. The Morgan fingerprint density at radius 3 is 2.71 bits per heavy atom. The first-order chi connectivity index (χ1) is 9.88. The van der Waals surface area contributed by atoms with Crippen molar-refractivity contribution in [2.45, 2.75) is 19.9 Å². The van der Waals surface area contributed by atoms with Crippen LogP contribution in [0.25, 0.3) is 0 Å². The number of nitrogens with zero attached hydrogens (tertiary/aromatic N) is 1. The van der Waals surface area contributed by atoms with Crippen molar-refractivity contribution in [2.24, 2.45) is 0 Å². The first-order valence-corrected chi connectivity index (χ1v) is 7.02. The van der Waals surface area contributed by atoms with E-state index in [9.17, 15) is 14.0 Å². The number of hydrogen-bond acceptors (Lipinski definition) is 4. The lowest BCUT2D eigenvalue weighted by Gasteiger charge is -2.11. The van der Waals surface area contributed by atoms with Crippen LogP contribution in [0.3, 0.4) is 0 Å². The minimum atomic E-state index is -1.11. The van der Waals surface area contributed by atoms with Gasteiger partial charge in [0.05, 0.1) is 6.04 Å². The summed E-state index contributed by atoms with van der Waals surface area (Å²) in [7, 11) is 0. The number of carboxylic acid groups (broad SMARTS) is 1. The van der Waals surface area contributed by atoms with E-state index in [2.05, 4.69) is 10.3 Å². The summed E-state index contributed by atoms with van der Waals surface area (Å²) >= 11 is 1.16. The Kier molecular flexibility index (Phi) is 4.32. The number of benzene rings is 1. The molecule has 1 aromatic heterocycles. The Morgan fingerprint density at radius 1 is 1.43 bits per heavy atom. The van der Waals surface area contributed by atoms with Crippen LogP contribution in [0.4, 0.5) is 4.39 Å². The van der Waals surface area contributed by atoms with Gasteiger partial charge in [-0.25, -0.2) is 14.2 Å². The molecule has 0 aliphatic carbocycles. The van der Waals surface area contributed by atoms with Crippen LogP contribution in [0.2, 0.25) is 0 Å². The van der Waals surface area contributed by atoms with Gasteiger partial charge < -0.3 is 10.4 Å². The predicted molar refractivity (Wildman–Crippen MR) is 76.1 cm³/mol. The van der Waals surface area contributed by atoms with Gasteiger partial charge in [0.1, 0.15) is 10.8 Å². The smallest absolute Gasteiger partial charge is 0.355 e. The second-order valence-corrected chi connectivity index (χ2v) is 5.42. The Hall–Kier alpha value is -2.28. The van der Waals surface area contributed by atoms with Gasteiger partial charge in [0.15, 0.2) is 5.69 Å². The summed E-state index contributed by atoms with van der Waals surface area (Å²) in [4.78, 5) is 26.8. The summed E-state index contributed by atoms with van der Waals surface area (Å²) in [5.41, 5.74) is 0.683. The molecule has 0 aliphatic rings. The van der Waals surface area contributed by atoms with Crippen LogP contribution >= 0.6 is 11.3 Å². The average Bonchev–Trinajstić information content (AvgIpc) is 2.91. The van der Waals surface area contributed by atoms with Crippen molar-refractivity contribution in [2.75, 3.05) is 0 Å². The third kappa shape index (κ3) is 3.43. The van der Waals surface area contributed by atoms with Gasteiger partial charge in [-0.05, 0) is 37.6 Å². The van der Waals surface area contributed by atoms with Gasteiger partial charge in [-0.1, -0.05) is 0 Å². The van der Waals surface area contributed by atoms with Crippen LogP contribution in [0, 0.1) is 12.7 Å². The van der Waals surface area contributed by atoms with E-state index in [1.165, 1.54) is 23.6 Å². The molecule has 1 heterocycles. The molecule has 2 N–H and O–H groups in total. The number of aromatic carboxylic acids is 1. The number of aromatic nitrogens is 1. The molecule has 0 fully saturated rings. The first-order valence-electron chi connectivity index (χ1n) is 6.14. The quantitative estimate of drug-likeness (QED) is 0.910. The number of carboxylic acids is 1. The van der Waals surface area contributed by atoms with Gasteiger partial charge in [0.2, 0.25) is 0 Å². The van der Waals surface area contributed by atoms with Crippen molar-refractivity contribution < 1.29 is 19.1 Å². The fourth-order valence-corrected chi connectivity index (χ4v) is 2.51. The average molecular weight is 308 g/mol. The maximum absolute atomic E-state index is 13.2. The number of amides is 1. The van der Waals surface area contributed by atoms with Crippen molar-refractivity contribution in [3.05, 3.63) is 51.2 Å². The molecular formula is C14H13FN2O3S. The fourth-order valence-electron chi connectivity index (χ4n) is 1.71. The van der Waals surface area contributed by atoms with E-state index in [0.29, 0.717) is 16.1 Å². The van der Waals surface area contributed by atoms with Crippen LogP contribution in [0.1, 0.15) is 44.4 Å². The predicted octanol–water partition coefficient (Wildman–Crippen LogP) is 2.78. The van der Waals surface area contributed by atoms with Crippen molar-refractivity contribution in [1.82, 2.24) is 10.3 Å². The molecule has 2 aromatic rings.